The largest absolute Gasteiger partial charge is 0.444 e. The maximum atomic E-state index is 13.2. The Morgan fingerprint density at radius 3 is 2.44 bits per heavy atom. The second-order valence-electron chi connectivity index (χ2n) is 11.4. The molecule has 1 atom stereocenters. The molecule has 36 heavy (non-hydrogen) atoms. The summed E-state index contributed by atoms with van der Waals surface area (Å²) >= 11 is 0. The Kier molecular flexibility index (Phi) is 7.33. The van der Waals surface area contributed by atoms with Gasteiger partial charge in [-0.25, -0.2) is 19.6 Å². The lowest BCUT2D eigenvalue weighted by Crippen LogP contribution is -2.51. The quantitative estimate of drug-likeness (QED) is 0.675. The number of nitrogens with zero attached hydrogens (tertiary/aromatic N) is 6. The highest BCUT2D eigenvalue weighted by Gasteiger charge is 2.35. The lowest BCUT2D eigenvalue weighted by atomic mass is 10.0. The number of hydrogen-bond donors (Lipinski definition) is 1. The number of imidazole rings is 1. The molecule has 2 aromatic heterocycles. The molecule has 2 aromatic rings. The van der Waals surface area contributed by atoms with Crippen molar-refractivity contribution in [2.45, 2.75) is 84.5 Å². The Labute approximate surface area is 214 Å². The van der Waals surface area contributed by atoms with E-state index in [1.807, 2.05) is 46.0 Å². The number of likely N-dealkylation sites (N-methyl/N-ethyl adjacent to an activating group) is 1. The smallest absolute Gasteiger partial charge is 0.410 e. The van der Waals surface area contributed by atoms with Gasteiger partial charge in [0.15, 0.2) is 5.65 Å². The van der Waals surface area contributed by atoms with E-state index in [9.17, 15) is 9.59 Å². The number of anilines is 1. The lowest BCUT2D eigenvalue weighted by Gasteiger charge is -2.37. The van der Waals surface area contributed by atoms with Gasteiger partial charge in [-0.1, -0.05) is 0 Å². The zero-order valence-corrected chi connectivity index (χ0v) is 22.7. The van der Waals surface area contributed by atoms with Gasteiger partial charge in [0.05, 0.1) is 18.1 Å². The Bertz CT molecular complexity index is 1100. The normalized spacial score (nSPS) is 19.3. The predicted molar refractivity (Wildman–Crippen MR) is 140 cm³/mol. The summed E-state index contributed by atoms with van der Waals surface area (Å²) in [7, 11) is 1.84. The van der Waals surface area contributed by atoms with Crippen LogP contribution in [0.3, 0.4) is 0 Å². The van der Waals surface area contributed by atoms with Crippen LogP contribution in [0.15, 0.2) is 12.4 Å². The predicted octanol–water partition coefficient (Wildman–Crippen LogP) is 4.26. The fraction of sp³-hybridized carbons (Fsp3) is 0.692. The first-order valence-electron chi connectivity index (χ1n) is 13.0. The maximum absolute atomic E-state index is 13.2. The topological polar surface area (TPSA) is 95.8 Å². The van der Waals surface area contributed by atoms with E-state index in [4.69, 9.17) is 9.72 Å². The Morgan fingerprint density at radius 1 is 1.14 bits per heavy atom. The van der Waals surface area contributed by atoms with Crippen LogP contribution in [0.1, 0.15) is 65.6 Å². The molecule has 0 aliphatic carbocycles. The number of pyridine rings is 1. The van der Waals surface area contributed by atoms with Crippen LogP contribution >= 0.6 is 0 Å². The summed E-state index contributed by atoms with van der Waals surface area (Å²) < 4.78 is 7.59. The van der Waals surface area contributed by atoms with Crippen molar-refractivity contribution >= 4 is 29.0 Å². The molecule has 0 unspecified atom stereocenters. The summed E-state index contributed by atoms with van der Waals surface area (Å²) in [6.45, 7) is 14.4. The summed E-state index contributed by atoms with van der Waals surface area (Å²) in [5.41, 5.74) is 3.23. The van der Waals surface area contributed by atoms with Gasteiger partial charge in [0.2, 0.25) is 0 Å². The molecule has 0 saturated carbocycles. The second-order valence-corrected chi connectivity index (χ2v) is 11.4. The van der Waals surface area contributed by atoms with Gasteiger partial charge in [-0.3, -0.25) is 0 Å². The first kappa shape index (κ1) is 26.0. The van der Waals surface area contributed by atoms with E-state index < -0.39 is 5.60 Å². The average Bonchev–Trinajstić information content (AvgIpc) is 3.45. The molecule has 10 heteroatoms. The number of amides is 3. The average molecular weight is 500 g/mol. The highest BCUT2D eigenvalue weighted by Crippen LogP contribution is 2.27. The standard InChI is InChI=1S/C26H41N7O3/c1-17(2)33-16-27-22-21(14-18(3)28-23(22)33)29-19-8-11-31(12-9-19)24(34)30(7)20-10-13-32(15-20)25(35)36-26(4,5)6/h14,16-17,19-20H,8-13,15H2,1-7H3,(H,28,29)/t20-/m0/s1. The van der Waals surface area contributed by atoms with Crippen molar-refractivity contribution in [1.29, 1.82) is 0 Å². The Balaban J connectivity index is 1.32. The van der Waals surface area contributed by atoms with Crippen molar-refractivity contribution in [3.63, 3.8) is 0 Å². The molecule has 3 amide bonds. The van der Waals surface area contributed by atoms with Crippen molar-refractivity contribution < 1.29 is 14.3 Å². The Morgan fingerprint density at radius 2 is 1.81 bits per heavy atom. The van der Waals surface area contributed by atoms with Crippen LogP contribution in [0.2, 0.25) is 0 Å². The minimum absolute atomic E-state index is 0.00464. The number of rotatable bonds is 4. The van der Waals surface area contributed by atoms with Gasteiger partial charge in [-0.2, -0.15) is 0 Å². The number of carbonyl (C=O) groups is 2. The zero-order valence-electron chi connectivity index (χ0n) is 22.7. The molecule has 2 saturated heterocycles. The number of aromatic nitrogens is 3. The molecule has 0 bridgehead atoms. The van der Waals surface area contributed by atoms with Crippen molar-refractivity contribution in [2.75, 3.05) is 38.5 Å². The van der Waals surface area contributed by atoms with Crippen LogP contribution in [0, 0.1) is 6.92 Å². The molecule has 2 fully saturated rings. The lowest BCUT2D eigenvalue weighted by molar-refractivity contribution is 0.0282. The molecule has 1 N–H and O–H groups in total. The van der Waals surface area contributed by atoms with Crippen LogP contribution < -0.4 is 5.32 Å². The number of nitrogens with one attached hydrogen (secondary N) is 1. The van der Waals surface area contributed by atoms with Crippen LogP contribution in [-0.4, -0.2) is 92.3 Å². The van der Waals surface area contributed by atoms with Crippen LogP contribution in [0.25, 0.3) is 11.2 Å². The number of urea groups is 1. The Hall–Kier alpha value is -3.04. The van der Waals surface area contributed by atoms with Crippen LogP contribution in [0.5, 0.6) is 0 Å². The van der Waals surface area contributed by atoms with Crippen molar-refractivity contribution in [3.8, 4) is 0 Å². The molecule has 2 aliphatic heterocycles. The van der Waals surface area contributed by atoms with Gasteiger partial charge in [-0.05, 0) is 66.9 Å². The third-order valence-electron chi connectivity index (χ3n) is 7.00. The number of carbonyl (C=O) groups excluding carboxylic acids is 2. The van der Waals surface area contributed by atoms with E-state index in [-0.39, 0.29) is 24.2 Å². The molecular formula is C26H41N7O3. The van der Waals surface area contributed by atoms with E-state index in [1.165, 1.54) is 0 Å². The first-order chi connectivity index (χ1) is 16.9. The van der Waals surface area contributed by atoms with Gasteiger partial charge < -0.3 is 29.3 Å². The summed E-state index contributed by atoms with van der Waals surface area (Å²) in [5, 5.41) is 3.67. The van der Waals surface area contributed by atoms with Gasteiger partial charge >= 0.3 is 12.1 Å². The molecular weight excluding hydrogens is 458 g/mol. The SMILES string of the molecule is Cc1cc(NC2CCN(C(=O)N(C)[C@H]3CCN(C(=O)OC(C)(C)C)C3)CC2)c2ncn(C(C)C)c2n1. The first-order valence-corrected chi connectivity index (χ1v) is 13.0. The van der Waals surface area contributed by atoms with Crippen molar-refractivity contribution in [3.05, 3.63) is 18.1 Å². The highest BCUT2D eigenvalue weighted by molar-refractivity contribution is 5.86. The number of ether oxygens (including phenoxy) is 1. The minimum Gasteiger partial charge on any atom is -0.444 e. The molecule has 2 aliphatic rings. The van der Waals surface area contributed by atoms with E-state index in [0.717, 1.165) is 41.8 Å². The van der Waals surface area contributed by atoms with Crippen molar-refractivity contribution in [2.24, 2.45) is 0 Å². The number of aryl methyl sites for hydroxylation is 1. The van der Waals surface area contributed by atoms with E-state index in [1.54, 1.807) is 9.80 Å². The number of likely N-dealkylation sites (tertiary alicyclic amines) is 2. The molecule has 198 valence electrons. The number of hydrogen-bond acceptors (Lipinski definition) is 6. The van der Waals surface area contributed by atoms with Crippen LogP contribution in [0.4, 0.5) is 15.3 Å². The van der Waals surface area contributed by atoms with Gasteiger partial charge in [0, 0.05) is 51.0 Å². The summed E-state index contributed by atoms with van der Waals surface area (Å²) in [6, 6.07) is 2.65. The van der Waals surface area contributed by atoms with Crippen molar-refractivity contribution in [1.82, 2.24) is 29.2 Å². The third-order valence-corrected chi connectivity index (χ3v) is 7.00. The number of fused-ring (bicyclic) bond motifs is 1. The molecule has 0 spiro atoms. The highest BCUT2D eigenvalue weighted by atomic mass is 16.6. The molecule has 10 nitrogen and oxygen atoms in total. The van der Waals surface area contributed by atoms with Gasteiger partial charge in [0.1, 0.15) is 11.1 Å². The zero-order chi connectivity index (χ0) is 26.2. The van der Waals surface area contributed by atoms with Gasteiger partial charge in [-0.15, -0.1) is 0 Å². The van der Waals surface area contributed by atoms with Crippen LogP contribution in [-0.2, 0) is 4.74 Å². The third kappa shape index (κ3) is 5.68. The summed E-state index contributed by atoms with van der Waals surface area (Å²) in [6.07, 6.45) is 4.04. The fourth-order valence-corrected chi connectivity index (χ4v) is 4.98. The second kappa shape index (κ2) is 10.1. The summed E-state index contributed by atoms with van der Waals surface area (Å²) in [4.78, 5) is 40.4. The van der Waals surface area contributed by atoms with E-state index in [2.05, 4.69) is 34.8 Å². The summed E-state index contributed by atoms with van der Waals surface area (Å²) in [5.74, 6) is 0. The van der Waals surface area contributed by atoms with Gasteiger partial charge in [0.25, 0.3) is 0 Å². The number of piperidine rings is 1. The molecule has 4 heterocycles. The molecule has 4 rings (SSSR count). The molecule has 0 radical (unpaired) electrons. The molecule has 0 aromatic carbocycles. The van der Waals surface area contributed by atoms with E-state index in [0.29, 0.717) is 32.2 Å². The minimum atomic E-state index is -0.523. The monoisotopic (exact) mass is 499 g/mol. The van der Waals surface area contributed by atoms with E-state index >= 15 is 0 Å². The fourth-order valence-electron chi connectivity index (χ4n) is 4.98. The maximum Gasteiger partial charge on any atom is 0.410 e.